The van der Waals surface area contributed by atoms with Gasteiger partial charge in [-0.2, -0.15) is 10.1 Å². The first-order chi connectivity index (χ1) is 17.2. The molecule has 2 bridgehead atoms. The maximum absolute atomic E-state index is 9.27. The predicted molar refractivity (Wildman–Crippen MR) is 135 cm³/mol. The van der Waals surface area contributed by atoms with Crippen molar-refractivity contribution in [3.63, 3.8) is 0 Å². The number of nitrogens with one attached hydrogen (secondary N) is 1. The molecule has 35 heavy (non-hydrogen) atoms. The normalized spacial score (nSPS) is 21.9. The third kappa shape index (κ3) is 4.13. The van der Waals surface area contributed by atoms with E-state index >= 15 is 0 Å². The second-order valence-electron chi connectivity index (χ2n) is 9.73. The number of aromatic nitrogens is 6. The van der Waals surface area contributed by atoms with Gasteiger partial charge in [-0.15, -0.1) is 11.3 Å². The number of piperazine rings is 1. The Labute approximate surface area is 206 Å². The molecule has 3 fully saturated rings. The Morgan fingerprint density at radius 3 is 2.86 bits per heavy atom. The lowest BCUT2D eigenvalue weighted by Crippen LogP contribution is -2.47. The molecule has 0 unspecified atom stereocenters. The number of hydrogen-bond donors (Lipinski definition) is 2. The molecule has 2 aliphatic heterocycles. The van der Waals surface area contributed by atoms with Gasteiger partial charge in [-0.05, 0) is 31.2 Å². The van der Waals surface area contributed by atoms with E-state index in [0.717, 1.165) is 65.3 Å². The average Bonchev–Trinajstić information content (AvgIpc) is 3.24. The minimum atomic E-state index is 0.209. The molecule has 0 amide bonds. The summed E-state index contributed by atoms with van der Waals surface area (Å²) in [6, 6.07) is 4.70. The Morgan fingerprint density at radius 2 is 2.03 bits per heavy atom. The van der Waals surface area contributed by atoms with Crippen LogP contribution in [0.15, 0.2) is 36.9 Å². The number of anilines is 3. The van der Waals surface area contributed by atoms with Gasteiger partial charge in [0, 0.05) is 68.5 Å². The molecule has 2 saturated heterocycles. The summed E-state index contributed by atoms with van der Waals surface area (Å²) < 4.78 is 3.08. The molecule has 6 heterocycles. The average molecular weight is 490 g/mol. The summed E-state index contributed by atoms with van der Waals surface area (Å²) in [5, 5.41) is 18.1. The first kappa shape index (κ1) is 21.2. The molecule has 180 valence electrons. The van der Waals surface area contributed by atoms with Crippen LogP contribution < -0.4 is 10.2 Å². The van der Waals surface area contributed by atoms with E-state index in [1.54, 1.807) is 17.5 Å². The highest BCUT2D eigenvalue weighted by atomic mass is 32.1. The molecule has 0 radical (unpaired) electrons. The van der Waals surface area contributed by atoms with Crippen molar-refractivity contribution in [1.29, 1.82) is 0 Å². The van der Waals surface area contributed by atoms with Crippen molar-refractivity contribution in [3.8, 4) is 10.6 Å². The van der Waals surface area contributed by atoms with Crippen LogP contribution in [0.4, 0.5) is 17.6 Å². The third-order valence-corrected chi connectivity index (χ3v) is 8.25. The Morgan fingerprint density at radius 1 is 1.09 bits per heavy atom. The fraction of sp³-hybridized carbons (Fsp3) is 0.458. The number of likely N-dealkylation sites (tertiary alicyclic amines) is 1. The summed E-state index contributed by atoms with van der Waals surface area (Å²) in [5.41, 5.74) is 1.96. The fourth-order valence-corrected chi connectivity index (χ4v) is 6.14. The molecule has 1 saturated carbocycles. The van der Waals surface area contributed by atoms with E-state index in [1.807, 2.05) is 29.2 Å². The lowest BCUT2D eigenvalue weighted by atomic mass is 10.2. The lowest BCUT2D eigenvalue weighted by molar-refractivity contribution is 0.176. The Balaban J connectivity index is 1.07. The van der Waals surface area contributed by atoms with Crippen LogP contribution in [-0.4, -0.2) is 78.0 Å². The highest BCUT2D eigenvalue weighted by Gasteiger charge is 2.43. The van der Waals surface area contributed by atoms with Crippen molar-refractivity contribution in [3.05, 3.63) is 36.9 Å². The molecule has 0 aromatic carbocycles. The van der Waals surface area contributed by atoms with Gasteiger partial charge >= 0.3 is 0 Å². The standard InChI is InChI=1S/C24H27N9OS/c34-6-5-31-13-18-7-17(31)14-33(18)24-25-4-3-21(30-24)29-22-8-19-20(10-26-22)35-23(28-19)16-9-27-32(12-16)11-15-1-2-15/h3-4,8-10,12,15,17-18,34H,1-2,5-7,11,13-14H2,(H,25,26,29,30)/t17-,18-/m0/s1. The summed E-state index contributed by atoms with van der Waals surface area (Å²) in [6.07, 6.45) is 11.4. The first-order valence-corrected chi connectivity index (χ1v) is 13.0. The predicted octanol–water partition coefficient (Wildman–Crippen LogP) is 2.75. The Hall–Kier alpha value is -3.15. The fourth-order valence-electron chi connectivity index (χ4n) is 5.25. The number of nitrogens with zero attached hydrogens (tertiary/aromatic N) is 8. The first-order valence-electron chi connectivity index (χ1n) is 12.2. The summed E-state index contributed by atoms with van der Waals surface area (Å²) in [7, 11) is 0. The smallest absolute Gasteiger partial charge is 0.227 e. The molecular formula is C24H27N9OS. The van der Waals surface area contributed by atoms with Gasteiger partial charge in [0.2, 0.25) is 5.95 Å². The Kier molecular flexibility index (Phi) is 5.14. The van der Waals surface area contributed by atoms with Crippen LogP contribution in [0.2, 0.25) is 0 Å². The van der Waals surface area contributed by atoms with Crippen LogP contribution in [0, 0.1) is 5.92 Å². The van der Waals surface area contributed by atoms with Crippen LogP contribution in [0.5, 0.6) is 0 Å². The van der Waals surface area contributed by atoms with Gasteiger partial charge in [-0.1, -0.05) is 0 Å². The summed E-state index contributed by atoms with van der Waals surface area (Å²) in [6.45, 7) is 3.81. The van der Waals surface area contributed by atoms with Gasteiger partial charge in [-0.3, -0.25) is 9.58 Å². The van der Waals surface area contributed by atoms with Gasteiger partial charge in [0.1, 0.15) is 16.6 Å². The maximum atomic E-state index is 9.27. The van der Waals surface area contributed by atoms with Crippen LogP contribution in [-0.2, 0) is 6.54 Å². The summed E-state index contributed by atoms with van der Waals surface area (Å²) in [5.74, 6) is 2.96. The van der Waals surface area contributed by atoms with Crippen molar-refractivity contribution in [2.45, 2.75) is 37.9 Å². The molecule has 3 aliphatic rings. The summed E-state index contributed by atoms with van der Waals surface area (Å²) in [4.78, 5) is 23.4. The number of fused-ring (bicyclic) bond motifs is 3. The third-order valence-electron chi connectivity index (χ3n) is 7.19. The van der Waals surface area contributed by atoms with Crippen molar-refractivity contribution < 1.29 is 5.11 Å². The molecule has 1 aliphatic carbocycles. The monoisotopic (exact) mass is 489 g/mol. The van der Waals surface area contributed by atoms with E-state index in [4.69, 9.17) is 9.97 Å². The zero-order valence-corrected chi connectivity index (χ0v) is 20.1. The number of rotatable bonds is 8. The lowest BCUT2D eigenvalue weighted by Gasteiger charge is -2.33. The second-order valence-corrected chi connectivity index (χ2v) is 10.8. The van der Waals surface area contributed by atoms with Crippen molar-refractivity contribution in [2.24, 2.45) is 5.92 Å². The molecule has 7 rings (SSSR count). The number of aliphatic hydroxyl groups excluding tert-OH is 1. The van der Waals surface area contributed by atoms with Gasteiger partial charge in [-0.25, -0.2) is 15.0 Å². The van der Waals surface area contributed by atoms with Gasteiger partial charge in [0.25, 0.3) is 0 Å². The quantitative estimate of drug-likeness (QED) is 0.386. The summed E-state index contributed by atoms with van der Waals surface area (Å²) >= 11 is 1.64. The van der Waals surface area contributed by atoms with E-state index in [0.29, 0.717) is 23.7 Å². The van der Waals surface area contributed by atoms with E-state index < -0.39 is 0 Å². The van der Waals surface area contributed by atoms with Gasteiger partial charge in [0.15, 0.2) is 0 Å². The van der Waals surface area contributed by atoms with E-state index in [1.165, 1.54) is 12.8 Å². The van der Waals surface area contributed by atoms with Crippen molar-refractivity contribution in [1.82, 2.24) is 34.6 Å². The van der Waals surface area contributed by atoms with E-state index in [2.05, 4.69) is 36.4 Å². The molecule has 4 aromatic rings. The SMILES string of the molecule is OCCN1C[C@@H]2C[C@H]1CN2c1nccc(Nc2cc3nc(-c4cnn(CC5CC5)c4)sc3cn2)n1. The minimum absolute atomic E-state index is 0.209. The van der Waals surface area contributed by atoms with Crippen LogP contribution in [0.25, 0.3) is 20.8 Å². The molecule has 11 heteroatoms. The molecule has 0 spiro atoms. The van der Waals surface area contributed by atoms with Crippen molar-refractivity contribution >= 4 is 39.1 Å². The number of hydrogen-bond acceptors (Lipinski definition) is 10. The zero-order valence-electron chi connectivity index (χ0n) is 19.3. The van der Waals surface area contributed by atoms with Crippen molar-refractivity contribution in [2.75, 3.05) is 36.5 Å². The molecule has 4 aromatic heterocycles. The Bertz CT molecular complexity index is 1370. The van der Waals surface area contributed by atoms with E-state index in [-0.39, 0.29) is 6.61 Å². The number of aliphatic hydroxyl groups is 1. The highest BCUT2D eigenvalue weighted by molar-refractivity contribution is 7.21. The molecule has 2 atom stereocenters. The minimum Gasteiger partial charge on any atom is -0.395 e. The van der Waals surface area contributed by atoms with Crippen LogP contribution in [0.3, 0.4) is 0 Å². The molecule has 10 nitrogen and oxygen atoms in total. The number of pyridine rings is 1. The van der Waals surface area contributed by atoms with Gasteiger partial charge in [0.05, 0.1) is 23.0 Å². The largest absolute Gasteiger partial charge is 0.395 e. The number of thiazole rings is 1. The van der Waals surface area contributed by atoms with Gasteiger partial charge < -0.3 is 15.3 Å². The van der Waals surface area contributed by atoms with Crippen LogP contribution >= 0.6 is 11.3 Å². The zero-order chi connectivity index (χ0) is 23.4. The molecule has 2 N–H and O–H groups in total. The number of β-amino-alcohol motifs (C(OH)–C–C–N with tert-alkyl or cyclic N) is 1. The second kappa shape index (κ2) is 8.51. The highest BCUT2D eigenvalue weighted by Crippen LogP contribution is 2.34. The maximum Gasteiger partial charge on any atom is 0.227 e. The van der Waals surface area contributed by atoms with Crippen LogP contribution in [0.1, 0.15) is 19.3 Å². The van der Waals surface area contributed by atoms with E-state index in [9.17, 15) is 5.11 Å². The topological polar surface area (TPSA) is 108 Å². The molecular weight excluding hydrogens is 462 g/mol.